The number of rotatable bonds is 4. The molecule has 26 heavy (non-hydrogen) atoms. The minimum Gasteiger partial charge on any atom is -0.348 e. The molecule has 1 atom stereocenters. The fraction of sp³-hybridized carbons (Fsp3) is 0.737. The van der Waals surface area contributed by atoms with E-state index in [-0.39, 0.29) is 11.9 Å². The van der Waals surface area contributed by atoms with Crippen molar-refractivity contribution in [1.82, 2.24) is 14.2 Å². The number of amides is 1. The fourth-order valence-corrected chi connectivity index (χ4v) is 5.44. The van der Waals surface area contributed by atoms with Crippen LogP contribution in [0, 0.1) is 13.8 Å². The Morgan fingerprint density at radius 1 is 1.12 bits per heavy atom. The maximum atomic E-state index is 12.8. The maximum absolute atomic E-state index is 12.8. The van der Waals surface area contributed by atoms with Gasteiger partial charge in [0.05, 0.1) is 11.8 Å². The molecule has 2 fully saturated rings. The lowest BCUT2D eigenvalue weighted by Crippen LogP contribution is -2.49. The summed E-state index contributed by atoms with van der Waals surface area (Å²) in [6.07, 6.45) is 9.01. The fourth-order valence-electron chi connectivity index (χ4n) is 4.53. The van der Waals surface area contributed by atoms with Crippen LogP contribution in [0.1, 0.15) is 72.7 Å². The van der Waals surface area contributed by atoms with Gasteiger partial charge < -0.3 is 9.88 Å². The van der Waals surface area contributed by atoms with Crippen LogP contribution in [0.2, 0.25) is 0 Å². The number of sulfonamides is 1. The first-order valence-electron chi connectivity index (χ1n) is 9.72. The quantitative estimate of drug-likeness (QED) is 0.872. The van der Waals surface area contributed by atoms with Crippen molar-refractivity contribution in [3.05, 3.63) is 23.0 Å². The van der Waals surface area contributed by atoms with Crippen molar-refractivity contribution in [3.63, 3.8) is 0 Å². The standard InChI is InChI=1S/C19H31N3O3S/c1-14-12-18(15(2)22(14)17-9-5-4-6-10-17)19(23)20-16-8-7-11-21(13-16)26(3,24)25/h12,16-17H,4-11,13H2,1-3H3,(H,20,23). The van der Waals surface area contributed by atoms with Gasteiger partial charge in [0.15, 0.2) is 0 Å². The first kappa shape index (κ1) is 19.4. The summed E-state index contributed by atoms with van der Waals surface area (Å²) < 4.78 is 27.3. The molecule has 3 rings (SSSR count). The Hall–Kier alpha value is -1.34. The van der Waals surface area contributed by atoms with Crippen molar-refractivity contribution in [2.24, 2.45) is 0 Å². The third kappa shape index (κ3) is 4.14. The Bertz CT molecular complexity index is 763. The van der Waals surface area contributed by atoms with E-state index in [2.05, 4.69) is 16.8 Å². The van der Waals surface area contributed by atoms with Gasteiger partial charge in [0, 0.05) is 36.6 Å². The molecule has 2 aliphatic rings. The average molecular weight is 382 g/mol. The largest absolute Gasteiger partial charge is 0.348 e. The molecule has 6 nitrogen and oxygen atoms in total. The van der Waals surface area contributed by atoms with Crippen LogP contribution in [0.5, 0.6) is 0 Å². The maximum Gasteiger partial charge on any atom is 0.253 e. The zero-order chi connectivity index (χ0) is 18.9. The Morgan fingerprint density at radius 2 is 1.81 bits per heavy atom. The number of carbonyl (C=O) groups is 1. The number of aryl methyl sites for hydroxylation is 1. The molecule has 1 saturated carbocycles. The summed E-state index contributed by atoms with van der Waals surface area (Å²) in [7, 11) is -3.21. The van der Waals surface area contributed by atoms with E-state index < -0.39 is 10.0 Å². The van der Waals surface area contributed by atoms with Gasteiger partial charge in [-0.05, 0) is 45.6 Å². The van der Waals surface area contributed by atoms with Crippen LogP contribution in [0.4, 0.5) is 0 Å². The molecule has 1 aliphatic carbocycles. The van der Waals surface area contributed by atoms with Gasteiger partial charge in [0.25, 0.3) is 5.91 Å². The predicted molar refractivity (Wildman–Crippen MR) is 103 cm³/mol. The van der Waals surface area contributed by atoms with Crippen molar-refractivity contribution in [1.29, 1.82) is 0 Å². The minimum atomic E-state index is -3.21. The molecule has 1 saturated heterocycles. The first-order chi connectivity index (χ1) is 12.3. The molecule has 0 bridgehead atoms. The van der Waals surface area contributed by atoms with Crippen molar-refractivity contribution in [3.8, 4) is 0 Å². The molecular formula is C19H31N3O3S. The predicted octanol–water partition coefficient (Wildman–Crippen LogP) is 2.76. The molecule has 1 N–H and O–H groups in total. The van der Waals surface area contributed by atoms with E-state index >= 15 is 0 Å². The summed E-state index contributed by atoms with van der Waals surface area (Å²) in [6.45, 7) is 5.01. The molecule has 1 aromatic heterocycles. The van der Waals surface area contributed by atoms with Crippen molar-refractivity contribution in [2.75, 3.05) is 19.3 Å². The lowest BCUT2D eigenvalue weighted by Gasteiger charge is -2.31. The Morgan fingerprint density at radius 3 is 2.46 bits per heavy atom. The Balaban J connectivity index is 1.72. The second-order valence-electron chi connectivity index (χ2n) is 7.88. The van der Waals surface area contributed by atoms with Crippen LogP contribution in [0.25, 0.3) is 0 Å². The lowest BCUT2D eigenvalue weighted by molar-refractivity contribution is 0.0920. The molecule has 1 amide bonds. The molecule has 1 aliphatic heterocycles. The second-order valence-corrected chi connectivity index (χ2v) is 9.86. The van der Waals surface area contributed by atoms with Crippen LogP contribution in [-0.4, -0.2) is 48.6 Å². The molecule has 0 radical (unpaired) electrons. The lowest BCUT2D eigenvalue weighted by atomic mass is 9.95. The third-order valence-corrected chi connectivity index (χ3v) is 7.13. The Kier molecular flexibility index (Phi) is 5.77. The van der Waals surface area contributed by atoms with E-state index in [4.69, 9.17) is 0 Å². The third-order valence-electron chi connectivity index (χ3n) is 5.86. The van der Waals surface area contributed by atoms with Gasteiger partial charge in [-0.15, -0.1) is 0 Å². The molecule has 146 valence electrons. The van der Waals surface area contributed by atoms with E-state index in [0.29, 0.717) is 19.1 Å². The summed E-state index contributed by atoms with van der Waals surface area (Å²) in [6, 6.07) is 2.36. The number of hydrogen-bond acceptors (Lipinski definition) is 3. The van der Waals surface area contributed by atoms with Crippen LogP contribution in [0.15, 0.2) is 6.07 Å². The van der Waals surface area contributed by atoms with Gasteiger partial charge in [-0.1, -0.05) is 19.3 Å². The molecular weight excluding hydrogens is 350 g/mol. The molecule has 0 aromatic carbocycles. The highest BCUT2D eigenvalue weighted by Crippen LogP contribution is 2.32. The summed E-state index contributed by atoms with van der Waals surface area (Å²) in [5.41, 5.74) is 2.90. The highest BCUT2D eigenvalue weighted by Gasteiger charge is 2.28. The normalized spacial score (nSPS) is 23.1. The number of hydrogen-bond donors (Lipinski definition) is 1. The van der Waals surface area contributed by atoms with Crippen molar-refractivity contribution in [2.45, 2.75) is 70.9 Å². The number of nitrogens with one attached hydrogen (secondary N) is 1. The summed E-state index contributed by atoms with van der Waals surface area (Å²) in [5, 5.41) is 3.06. The van der Waals surface area contributed by atoms with Crippen LogP contribution in [-0.2, 0) is 10.0 Å². The topological polar surface area (TPSA) is 71.4 Å². The van der Waals surface area contributed by atoms with Gasteiger partial charge in [0.2, 0.25) is 10.0 Å². The number of carbonyl (C=O) groups excluding carboxylic acids is 1. The molecule has 0 spiro atoms. The van der Waals surface area contributed by atoms with Gasteiger partial charge in [-0.3, -0.25) is 4.79 Å². The molecule has 7 heteroatoms. The number of nitrogens with zero attached hydrogens (tertiary/aromatic N) is 2. The summed E-state index contributed by atoms with van der Waals surface area (Å²) >= 11 is 0. The monoisotopic (exact) mass is 381 g/mol. The smallest absolute Gasteiger partial charge is 0.253 e. The zero-order valence-electron chi connectivity index (χ0n) is 16.1. The molecule has 2 heterocycles. The number of aromatic nitrogens is 1. The van der Waals surface area contributed by atoms with E-state index in [1.54, 1.807) is 0 Å². The highest BCUT2D eigenvalue weighted by molar-refractivity contribution is 7.88. The van der Waals surface area contributed by atoms with Crippen LogP contribution >= 0.6 is 0 Å². The van der Waals surface area contributed by atoms with E-state index in [1.807, 2.05) is 13.0 Å². The zero-order valence-corrected chi connectivity index (χ0v) is 16.9. The SMILES string of the molecule is Cc1cc(C(=O)NC2CCCN(S(C)(=O)=O)C2)c(C)n1C1CCCCC1. The van der Waals surface area contributed by atoms with Crippen molar-refractivity contribution < 1.29 is 13.2 Å². The van der Waals surface area contributed by atoms with E-state index in [9.17, 15) is 13.2 Å². The highest BCUT2D eigenvalue weighted by atomic mass is 32.2. The van der Waals surface area contributed by atoms with Crippen LogP contribution in [0.3, 0.4) is 0 Å². The van der Waals surface area contributed by atoms with Gasteiger partial charge in [-0.2, -0.15) is 0 Å². The molecule has 1 aromatic rings. The summed E-state index contributed by atoms with van der Waals surface area (Å²) in [5.74, 6) is -0.0829. The first-order valence-corrected chi connectivity index (χ1v) is 11.6. The van der Waals surface area contributed by atoms with Crippen LogP contribution < -0.4 is 5.32 Å². The van der Waals surface area contributed by atoms with E-state index in [1.165, 1.54) is 42.7 Å². The summed E-state index contributed by atoms with van der Waals surface area (Å²) in [4.78, 5) is 12.8. The van der Waals surface area contributed by atoms with Gasteiger partial charge in [-0.25, -0.2) is 12.7 Å². The molecule has 1 unspecified atom stereocenters. The van der Waals surface area contributed by atoms with Gasteiger partial charge >= 0.3 is 0 Å². The number of piperidine rings is 1. The van der Waals surface area contributed by atoms with Gasteiger partial charge in [0.1, 0.15) is 0 Å². The van der Waals surface area contributed by atoms with Crippen molar-refractivity contribution >= 4 is 15.9 Å². The van der Waals surface area contributed by atoms with E-state index in [0.717, 1.165) is 29.8 Å². The average Bonchev–Trinajstić information content (AvgIpc) is 2.90. The minimum absolute atomic E-state index is 0.0829. The second kappa shape index (κ2) is 7.72. The Labute approximate surface area is 157 Å².